The second-order valence-electron chi connectivity index (χ2n) is 8.85. The van der Waals surface area contributed by atoms with E-state index in [4.69, 9.17) is 18.9 Å². The molecule has 0 saturated heterocycles. The van der Waals surface area contributed by atoms with Crippen LogP contribution >= 0.6 is 0 Å². The Morgan fingerprint density at radius 1 is 1.13 bits per heavy atom. The number of benzene rings is 2. The number of rotatable bonds is 6. The lowest BCUT2D eigenvalue weighted by Crippen LogP contribution is -2.44. The Balaban J connectivity index is 1.74. The van der Waals surface area contributed by atoms with Crippen LogP contribution in [-0.4, -0.2) is 44.0 Å². The first-order chi connectivity index (χ1) is 14.7. The average molecular weight is 428 g/mol. The summed E-state index contributed by atoms with van der Waals surface area (Å²) >= 11 is 0. The van der Waals surface area contributed by atoms with E-state index in [1.807, 2.05) is 52.0 Å². The quantitative estimate of drug-likeness (QED) is 0.645. The van der Waals surface area contributed by atoms with Crippen LogP contribution in [-0.2, 0) is 22.5 Å². The van der Waals surface area contributed by atoms with Crippen molar-refractivity contribution in [1.29, 1.82) is 0 Å². The van der Waals surface area contributed by atoms with Crippen molar-refractivity contribution >= 4 is 6.09 Å². The van der Waals surface area contributed by atoms with E-state index in [-0.39, 0.29) is 12.1 Å². The highest BCUT2D eigenvalue weighted by Crippen LogP contribution is 2.33. The smallest absolute Gasteiger partial charge is 0.410 e. The zero-order valence-electron chi connectivity index (χ0n) is 19.4. The summed E-state index contributed by atoms with van der Waals surface area (Å²) < 4.78 is 22.4. The number of aryl methyl sites for hydroxylation is 1. The number of fused-ring (bicyclic) bond motifs is 1. The van der Waals surface area contributed by atoms with Gasteiger partial charge in [0.2, 0.25) is 0 Å². The van der Waals surface area contributed by atoms with E-state index in [0.29, 0.717) is 19.8 Å². The van der Waals surface area contributed by atoms with Crippen LogP contribution < -0.4 is 9.47 Å². The van der Waals surface area contributed by atoms with Gasteiger partial charge in [-0.1, -0.05) is 12.1 Å². The Hall–Kier alpha value is -2.73. The molecule has 0 unspecified atom stereocenters. The first-order valence-electron chi connectivity index (χ1n) is 10.6. The van der Waals surface area contributed by atoms with Crippen molar-refractivity contribution < 1.29 is 23.7 Å². The van der Waals surface area contributed by atoms with Crippen molar-refractivity contribution in [3.63, 3.8) is 0 Å². The first-order valence-corrected chi connectivity index (χ1v) is 10.6. The molecule has 0 fully saturated rings. The van der Waals surface area contributed by atoms with E-state index < -0.39 is 5.60 Å². The molecule has 6 nitrogen and oxygen atoms in total. The Bertz CT molecular complexity index is 919. The molecule has 1 heterocycles. The lowest BCUT2D eigenvalue weighted by molar-refractivity contribution is 0.00323. The van der Waals surface area contributed by atoms with Gasteiger partial charge in [0.05, 0.1) is 19.8 Å². The van der Waals surface area contributed by atoms with E-state index in [1.165, 1.54) is 5.56 Å². The van der Waals surface area contributed by atoms with Gasteiger partial charge in [0.25, 0.3) is 0 Å². The van der Waals surface area contributed by atoms with Gasteiger partial charge in [-0.15, -0.1) is 0 Å². The van der Waals surface area contributed by atoms with Crippen LogP contribution in [0, 0.1) is 6.92 Å². The lowest BCUT2D eigenvalue weighted by atomic mass is 9.93. The molecule has 0 spiro atoms. The summed E-state index contributed by atoms with van der Waals surface area (Å²) in [6.45, 7) is 9.13. The molecule has 31 heavy (non-hydrogen) atoms. The summed E-state index contributed by atoms with van der Waals surface area (Å²) in [6, 6.07) is 11.9. The third-order valence-electron chi connectivity index (χ3n) is 5.29. The van der Waals surface area contributed by atoms with E-state index in [1.54, 1.807) is 19.1 Å². The molecule has 1 amide bonds. The lowest BCUT2D eigenvalue weighted by Gasteiger charge is -2.37. The van der Waals surface area contributed by atoms with Gasteiger partial charge in [0.15, 0.2) is 0 Å². The van der Waals surface area contributed by atoms with Crippen LogP contribution in [0.4, 0.5) is 4.79 Å². The van der Waals surface area contributed by atoms with Gasteiger partial charge in [-0.3, -0.25) is 4.90 Å². The van der Waals surface area contributed by atoms with Crippen LogP contribution in [0.25, 0.3) is 0 Å². The molecule has 2 aromatic carbocycles. The van der Waals surface area contributed by atoms with Gasteiger partial charge in [0, 0.05) is 13.7 Å². The number of carbonyl (C=O) groups is 1. The molecule has 6 heteroatoms. The normalized spacial score (nSPS) is 15.9. The predicted octanol–water partition coefficient (Wildman–Crippen LogP) is 5.06. The number of amides is 1. The maximum atomic E-state index is 12.7. The highest BCUT2D eigenvalue weighted by atomic mass is 16.6. The molecule has 0 aromatic heterocycles. The average Bonchev–Trinajstić information content (AvgIpc) is 2.71. The van der Waals surface area contributed by atoms with E-state index >= 15 is 0 Å². The maximum Gasteiger partial charge on any atom is 0.410 e. The van der Waals surface area contributed by atoms with Gasteiger partial charge in [0.1, 0.15) is 23.7 Å². The maximum absolute atomic E-state index is 12.7. The third kappa shape index (κ3) is 5.70. The van der Waals surface area contributed by atoms with Crippen molar-refractivity contribution in [3.8, 4) is 11.5 Å². The summed E-state index contributed by atoms with van der Waals surface area (Å²) in [7, 11) is 3.32. The molecule has 168 valence electrons. The minimum Gasteiger partial charge on any atom is -0.496 e. The Morgan fingerprint density at radius 2 is 1.90 bits per heavy atom. The third-order valence-corrected chi connectivity index (χ3v) is 5.29. The number of hydrogen-bond acceptors (Lipinski definition) is 5. The van der Waals surface area contributed by atoms with E-state index in [9.17, 15) is 4.79 Å². The molecule has 0 saturated carbocycles. The zero-order valence-corrected chi connectivity index (χ0v) is 19.4. The second kappa shape index (κ2) is 9.60. The van der Waals surface area contributed by atoms with Gasteiger partial charge in [-0.2, -0.15) is 0 Å². The highest BCUT2D eigenvalue weighted by Gasteiger charge is 2.33. The SMILES string of the molecule is COC[C@H]1c2ccc(OCc3ccc(OC)c(C)c3)cc2CCN1C(=O)OC(C)(C)C. The molecular formula is C25H33NO5. The molecule has 0 radical (unpaired) electrons. The number of methoxy groups -OCH3 is 2. The number of carbonyl (C=O) groups excluding carboxylic acids is 1. The van der Waals surface area contributed by atoms with Crippen molar-refractivity contribution in [3.05, 3.63) is 58.7 Å². The monoisotopic (exact) mass is 427 g/mol. The molecule has 0 aliphatic carbocycles. The Kier molecular flexibility index (Phi) is 7.11. The molecular weight excluding hydrogens is 394 g/mol. The van der Waals surface area contributed by atoms with E-state index in [0.717, 1.165) is 34.6 Å². The topological polar surface area (TPSA) is 57.2 Å². The standard InChI is InChI=1S/C25H33NO5/c1-17-13-18(7-10-23(17)29-6)15-30-20-8-9-21-19(14-20)11-12-26(22(21)16-28-5)24(27)31-25(2,3)4/h7-10,13-14,22H,11-12,15-16H2,1-6H3/t22-/m0/s1. The van der Waals surface area contributed by atoms with Crippen LogP contribution in [0.1, 0.15) is 49.1 Å². The number of ether oxygens (including phenoxy) is 4. The minimum absolute atomic E-state index is 0.179. The van der Waals surface area contributed by atoms with E-state index in [2.05, 4.69) is 12.1 Å². The molecule has 1 aliphatic rings. The summed E-state index contributed by atoms with van der Waals surface area (Å²) in [4.78, 5) is 14.5. The highest BCUT2D eigenvalue weighted by molar-refractivity contribution is 5.69. The van der Waals surface area contributed by atoms with Gasteiger partial charge in [-0.05, 0) is 80.6 Å². The largest absolute Gasteiger partial charge is 0.496 e. The Labute approximate surface area is 185 Å². The molecule has 3 rings (SSSR count). The fraction of sp³-hybridized carbons (Fsp3) is 0.480. The summed E-state index contributed by atoms with van der Waals surface area (Å²) in [5.74, 6) is 1.69. The van der Waals surface area contributed by atoms with Crippen LogP contribution in [0.2, 0.25) is 0 Å². The van der Waals surface area contributed by atoms with Crippen LogP contribution in [0.3, 0.4) is 0 Å². The summed E-state index contributed by atoms with van der Waals surface area (Å²) in [6.07, 6.45) is 0.434. The fourth-order valence-corrected chi connectivity index (χ4v) is 3.85. The fourth-order valence-electron chi connectivity index (χ4n) is 3.85. The molecule has 1 atom stereocenters. The van der Waals surface area contributed by atoms with Gasteiger partial charge >= 0.3 is 6.09 Å². The van der Waals surface area contributed by atoms with Gasteiger partial charge < -0.3 is 18.9 Å². The second-order valence-corrected chi connectivity index (χ2v) is 8.85. The summed E-state index contributed by atoms with van der Waals surface area (Å²) in [5.41, 5.74) is 3.88. The zero-order chi connectivity index (χ0) is 22.6. The van der Waals surface area contributed by atoms with Crippen LogP contribution in [0.15, 0.2) is 36.4 Å². The first kappa shape index (κ1) is 22.9. The van der Waals surface area contributed by atoms with Gasteiger partial charge in [-0.25, -0.2) is 4.79 Å². The predicted molar refractivity (Wildman–Crippen MR) is 120 cm³/mol. The van der Waals surface area contributed by atoms with Crippen molar-refractivity contribution in [2.24, 2.45) is 0 Å². The van der Waals surface area contributed by atoms with Crippen molar-refractivity contribution in [2.75, 3.05) is 27.4 Å². The Morgan fingerprint density at radius 3 is 2.55 bits per heavy atom. The minimum atomic E-state index is -0.535. The molecule has 2 aromatic rings. The van der Waals surface area contributed by atoms with Crippen LogP contribution in [0.5, 0.6) is 11.5 Å². The van der Waals surface area contributed by atoms with Crippen molar-refractivity contribution in [2.45, 2.75) is 52.4 Å². The summed E-state index contributed by atoms with van der Waals surface area (Å²) in [5, 5.41) is 0. The molecule has 0 N–H and O–H groups in total. The molecule has 0 bridgehead atoms. The number of hydrogen-bond donors (Lipinski definition) is 0. The molecule has 1 aliphatic heterocycles. The number of nitrogens with zero attached hydrogens (tertiary/aromatic N) is 1. The van der Waals surface area contributed by atoms with Crippen molar-refractivity contribution in [1.82, 2.24) is 4.90 Å².